The maximum absolute atomic E-state index is 13.2. The monoisotopic (exact) mass is 284 g/mol. The Hall–Kier alpha value is -2.60. The molecule has 3 rings (SSSR count). The van der Waals surface area contributed by atoms with Gasteiger partial charge in [-0.2, -0.15) is 4.80 Å². The first-order valence-electron chi connectivity index (χ1n) is 6.49. The van der Waals surface area contributed by atoms with E-state index in [1.807, 2.05) is 30.3 Å². The minimum atomic E-state index is -0.722. The zero-order valence-electron chi connectivity index (χ0n) is 11.1. The van der Waals surface area contributed by atoms with Crippen molar-refractivity contribution in [1.29, 1.82) is 0 Å². The summed E-state index contributed by atoms with van der Waals surface area (Å²) in [5.74, 6) is -0.0251. The predicted octanol–water partition coefficient (Wildman–Crippen LogP) is 2.21. The predicted molar refractivity (Wildman–Crippen MR) is 74.6 cm³/mol. The number of rotatable bonds is 4. The molecule has 0 aliphatic heterocycles. The molecule has 1 aromatic heterocycles. The van der Waals surface area contributed by atoms with Crippen molar-refractivity contribution < 1.29 is 9.50 Å². The lowest BCUT2D eigenvalue weighted by atomic mass is 10.1. The number of benzene rings is 2. The second kappa shape index (κ2) is 5.80. The Kier molecular flexibility index (Phi) is 3.70. The van der Waals surface area contributed by atoms with Crippen LogP contribution >= 0.6 is 0 Å². The van der Waals surface area contributed by atoms with Crippen molar-refractivity contribution in [2.75, 3.05) is 0 Å². The maximum atomic E-state index is 13.2. The molecule has 0 amide bonds. The number of aliphatic hydroxyl groups excluding tert-OH is 1. The molecule has 0 radical (unpaired) electrons. The SMILES string of the molecule is O[C@H](Cn1nnc(-c2cccc(F)c2)n1)c1ccccc1. The molecule has 0 fully saturated rings. The molecule has 0 saturated carbocycles. The Balaban J connectivity index is 1.76. The Morgan fingerprint density at radius 2 is 1.90 bits per heavy atom. The molecule has 0 saturated heterocycles. The van der Waals surface area contributed by atoms with Crippen LogP contribution in [0.2, 0.25) is 0 Å². The number of aliphatic hydroxyl groups is 1. The van der Waals surface area contributed by atoms with E-state index in [1.165, 1.54) is 16.9 Å². The first kappa shape index (κ1) is 13.4. The summed E-state index contributed by atoms with van der Waals surface area (Å²) in [7, 11) is 0. The van der Waals surface area contributed by atoms with E-state index in [2.05, 4.69) is 15.4 Å². The summed E-state index contributed by atoms with van der Waals surface area (Å²) < 4.78 is 13.2. The zero-order chi connectivity index (χ0) is 14.7. The lowest BCUT2D eigenvalue weighted by Gasteiger charge is -2.08. The van der Waals surface area contributed by atoms with Crippen molar-refractivity contribution in [2.24, 2.45) is 0 Å². The highest BCUT2D eigenvalue weighted by Gasteiger charge is 2.12. The highest BCUT2D eigenvalue weighted by Crippen LogP contribution is 2.16. The van der Waals surface area contributed by atoms with Crippen LogP contribution in [0.15, 0.2) is 54.6 Å². The van der Waals surface area contributed by atoms with E-state index in [0.29, 0.717) is 11.4 Å². The van der Waals surface area contributed by atoms with Crippen LogP contribution in [0.3, 0.4) is 0 Å². The van der Waals surface area contributed by atoms with E-state index in [9.17, 15) is 9.50 Å². The van der Waals surface area contributed by atoms with Gasteiger partial charge in [0.25, 0.3) is 0 Å². The van der Waals surface area contributed by atoms with Gasteiger partial charge in [0.1, 0.15) is 11.9 Å². The van der Waals surface area contributed by atoms with Gasteiger partial charge in [0.05, 0.1) is 6.54 Å². The summed E-state index contributed by atoms with van der Waals surface area (Å²) in [6, 6.07) is 15.2. The van der Waals surface area contributed by atoms with E-state index in [0.717, 1.165) is 5.56 Å². The van der Waals surface area contributed by atoms with E-state index >= 15 is 0 Å². The van der Waals surface area contributed by atoms with Crippen LogP contribution in [0.4, 0.5) is 4.39 Å². The van der Waals surface area contributed by atoms with Crippen LogP contribution in [-0.2, 0) is 6.54 Å². The molecular formula is C15H13FN4O. The molecule has 6 heteroatoms. The molecule has 0 aliphatic carbocycles. The van der Waals surface area contributed by atoms with Gasteiger partial charge in [0.2, 0.25) is 5.82 Å². The Bertz CT molecular complexity index is 729. The molecule has 1 N–H and O–H groups in total. The van der Waals surface area contributed by atoms with Crippen LogP contribution in [0.5, 0.6) is 0 Å². The molecule has 5 nitrogen and oxygen atoms in total. The van der Waals surface area contributed by atoms with E-state index in [4.69, 9.17) is 0 Å². The van der Waals surface area contributed by atoms with Gasteiger partial charge >= 0.3 is 0 Å². The molecule has 0 unspecified atom stereocenters. The third-order valence-corrected chi connectivity index (χ3v) is 3.06. The van der Waals surface area contributed by atoms with Crippen molar-refractivity contribution >= 4 is 0 Å². The third-order valence-electron chi connectivity index (χ3n) is 3.06. The quantitative estimate of drug-likeness (QED) is 0.798. The summed E-state index contributed by atoms with van der Waals surface area (Å²) in [6.45, 7) is 0.187. The molecule has 0 spiro atoms. The number of hydrogen-bond acceptors (Lipinski definition) is 4. The van der Waals surface area contributed by atoms with Crippen LogP contribution in [0.1, 0.15) is 11.7 Å². The Labute approximate surface area is 120 Å². The molecule has 3 aromatic rings. The highest BCUT2D eigenvalue weighted by atomic mass is 19.1. The van der Waals surface area contributed by atoms with Crippen LogP contribution < -0.4 is 0 Å². The van der Waals surface area contributed by atoms with Gasteiger partial charge in [-0.1, -0.05) is 42.5 Å². The van der Waals surface area contributed by atoms with Gasteiger partial charge in [-0.05, 0) is 22.9 Å². The second-order valence-electron chi connectivity index (χ2n) is 4.60. The number of tetrazole rings is 1. The number of halogens is 1. The molecule has 21 heavy (non-hydrogen) atoms. The number of nitrogens with zero attached hydrogens (tertiary/aromatic N) is 4. The summed E-state index contributed by atoms with van der Waals surface area (Å²) >= 11 is 0. The Morgan fingerprint density at radius 3 is 2.67 bits per heavy atom. The fourth-order valence-corrected chi connectivity index (χ4v) is 2.00. The van der Waals surface area contributed by atoms with Crippen LogP contribution in [0.25, 0.3) is 11.4 Å². The number of hydrogen-bond donors (Lipinski definition) is 1. The summed E-state index contributed by atoms with van der Waals surface area (Å²) in [5, 5.41) is 22.0. The highest BCUT2D eigenvalue weighted by molar-refractivity contribution is 5.53. The minimum Gasteiger partial charge on any atom is -0.386 e. The van der Waals surface area contributed by atoms with Crippen LogP contribution in [0, 0.1) is 5.82 Å². The molecule has 0 bridgehead atoms. The van der Waals surface area contributed by atoms with E-state index in [-0.39, 0.29) is 12.4 Å². The molecule has 1 atom stereocenters. The molecule has 1 heterocycles. The first-order valence-corrected chi connectivity index (χ1v) is 6.49. The standard InChI is InChI=1S/C15H13FN4O/c16-13-8-4-7-12(9-13)15-17-19-20(18-15)10-14(21)11-5-2-1-3-6-11/h1-9,14,21H,10H2/t14-/m1/s1. The minimum absolute atomic E-state index is 0.187. The fraction of sp³-hybridized carbons (Fsp3) is 0.133. The molecular weight excluding hydrogens is 271 g/mol. The van der Waals surface area contributed by atoms with Crippen molar-refractivity contribution in [3.05, 3.63) is 66.0 Å². The van der Waals surface area contributed by atoms with Gasteiger partial charge in [0, 0.05) is 5.56 Å². The average molecular weight is 284 g/mol. The van der Waals surface area contributed by atoms with Crippen molar-refractivity contribution in [1.82, 2.24) is 20.2 Å². The average Bonchev–Trinajstić information content (AvgIpc) is 2.97. The molecule has 106 valence electrons. The van der Waals surface area contributed by atoms with Gasteiger partial charge in [0.15, 0.2) is 0 Å². The Morgan fingerprint density at radius 1 is 1.10 bits per heavy atom. The smallest absolute Gasteiger partial charge is 0.205 e. The lowest BCUT2D eigenvalue weighted by Crippen LogP contribution is -2.11. The topological polar surface area (TPSA) is 63.8 Å². The maximum Gasteiger partial charge on any atom is 0.205 e. The largest absolute Gasteiger partial charge is 0.386 e. The van der Waals surface area contributed by atoms with Crippen LogP contribution in [-0.4, -0.2) is 25.3 Å². The molecule has 2 aromatic carbocycles. The fourth-order valence-electron chi connectivity index (χ4n) is 2.00. The normalized spacial score (nSPS) is 12.3. The van der Waals surface area contributed by atoms with E-state index in [1.54, 1.807) is 12.1 Å². The second-order valence-corrected chi connectivity index (χ2v) is 4.60. The summed E-state index contributed by atoms with van der Waals surface area (Å²) in [5.41, 5.74) is 1.33. The van der Waals surface area contributed by atoms with Crippen molar-refractivity contribution in [3.8, 4) is 11.4 Å². The molecule has 0 aliphatic rings. The first-order chi connectivity index (χ1) is 10.2. The van der Waals surface area contributed by atoms with Gasteiger partial charge < -0.3 is 5.11 Å². The van der Waals surface area contributed by atoms with Gasteiger partial charge in [-0.15, -0.1) is 10.2 Å². The van der Waals surface area contributed by atoms with Gasteiger partial charge in [-0.25, -0.2) is 4.39 Å². The lowest BCUT2D eigenvalue weighted by molar-refractivity contribution is 0.144. The third kappa shape index (κ3) is 3.11. The van der Waals surface area contributed by atoms with E-state index < -0.39 is 6.10 Å². The zero-order valence-corrected chi connectivity index (χ0v) is 11.1. The summed E-state index contributed by atoms with van der Waals surface area (Å²) in [6.07, 6.45) is -0.722. The number of aromatic nitrogens is 4. The van der Waals surface area contributed by atoms with Crippen molar-refractivity contribution in [3.63, 3.8) is 0 Å². The summed E-state index contributed by atoms with van der Waals surface area (Å²) in [4.78, 5) is 1.30. The van der Waals surface area contributed by atoms with Gasteiger partial charge in [-0.3, -0.25) is 0 Å². The van der Waals surface area contributed by atoms with Crippen molar-refractivity contribution in [2.45, 2.75) is 12.6 Å².